The molecule has 0 aromatic carbocycles. The van der Waals surface area contributed by atoms with Crippen molar-refractivity contribution < 1.29 is 4.74 Å². The average molecular weight is 173 g/mol. The zero-order valence-corrected chi connectivity index (χ0v) is 7.01. The van der Waals surface area contributed by atoms with E-state index in [2.05, 4.69) is 9.97 Å². The standard InChI is InChI=1S/C7H9ClN2O/c1-11-5-3-6-2-4-9-7(8)10-6/h2,4H,3,5H2,1H3. The lowest BCUT2D eigenvalue weighted by Crippen LogP contribution is -1.97. The lowest BCUT2D eigenvalue weighted by atomic mass is 10.3. The zero-order chi connectivity index (χ0) is 8.10. The molecule has 0 aliphatic carbocycles. The Labute approximate surface area is 70.4 Å². The third-order valence-corrected chi connectivity index (χ3v) is 1.43. The normalized spacial score (nSPS) is 10.0. The fourth-order valence-corrected chi connectivity index (χ4v) is 0.880. The molecular weight excluding hydrogens is 164 g/mol. The molecule has 0 saturated carbocycles. The summed E-state index contributed by atoms with van der Waals surface area (Å²) in [5.41, 5.74) is 0.909. The van der Waals surface area contributed by atoms with Crippen LogP contribution in [0.2, 0.25) is 5.28 Å². The molecule has 4 heteroatoms. The molecule has 0 aliphatic rings. The van der Waals surface area contributed by atoms with E-state index in [4.69, 9.17) is 16.3 Å². The summed E-state index contributed by atoms with van der Waals surface area (Å²) >= 11 is 5.56. The summed E-state index contributed by atoms with van der Waals surface area (Å²) in [6, 6.07) is 1.82. The highest BCUT2D eigenvalue weighted by Gasteiger charge is 1.94. The van der Waals surface area contributed by atoms with E-state index in [0.29, 0.717) is 11.9 Å². The van der Waals surface area contributed by atoms with Crippen molar-refractivity contribution in [2.75, 3.05) is 13.7 Å². The summed E-state index contributed by atoms with van der Waals surface area (Å²) in [6.45, 7) is 0.660. The van der Waals surface area contributed by atoms with Gasteiger partial charge in [-0.2, -0.15) is 0 Å². The minimum absolute atomic E-state index is 0.290. The van der Waals surface area contributed by atoms with Crippen LogP contribution in [0.3, 0.4) is 0 Å². The molecule has 0 radical (unpaired) electrons. The van der Waals surface area contributed by atoms with E-state index in [0.717, 1.165) is 12.1 Å². The van der Waals surface area contributed by atoms with E-state index in [9.17, 15) is 0 Å². The van der Waals surface area contributed by atoms with Crippen molar-refractivity contribution in [3.05, 3.63) is 23.2 Å². The van der Waals surface area contributed by atoms with Gasteiger partial charge in [0.1, 0.15) is 0 Å². The minimum atomic E-state index is 0.290. The van der Waals surface area contributed by atoms with Crippen molar-refractivity contribution in [3.63, 3.8) is 0 Å². The second kappa shape index (κ2) is 4.26. The largest absolute Gasteiger partial charge is 0.384 e. The Bertz CT molecular complexity index is 229. The summed E-state index contributed by atoms with van der Waals surface area (Å²) in [4.78, 5) is 7.75. The Kier molecular flexibility index (Phi) is 3.26. The third-order valence-electron chi connectivity index (χ3n) is 1.25. The molecule has 0 aliphatic heterocycles. The number of halogens is 1. The van der Waals surface area contributed by atoms with Gasteiger partial charge in [-0.25, -0.2) is 9.97 Å². The van der Waals surface area contributed by atoms with Crippen LogP contribution in [-0.4, -0.2) is 23.7 Å². The minimum Gasteiger partial charge on any atom is -0.384 e. The van der Waals surface area contributed by atoms with E-state index in [1.807, 2.05) is 6.07 Å². The molecule has 0 atom stereocenters. The average Bonchev–Trinajstić information content (AvgIpc) is 2.01. The summed E-state index contributed by atoms with van der Waals surface area (Å²) in [7, 11) is 1.66. The van der Waals surface area contributed by atoms with E-state index in [1.165, 1.54) is 0 Å². The summed E-state index contributed by atoms with van der Waals surface area (Å²) in [5.74, 6) is 0. The Hall–Kier alpha value is -0.670. The van der Waals surface area contributed by atoms with Gasteiger partial charge in [0, 0.05) is 25.4 Å². The molecule has 0 amide bonds. The Morgan fingerprint density at radius 2 is 2.45 bits per heavy atom. The topological polar surface area (TPSA) is 35.0 Å². The Morgan fingerprint density at radius 3 is 3.09 bits per heavy atom. The molecule has 3 nitrogen and oxygen atoms in total. The number of hydrogen-bond donors (Lipinski definition) is 0. The van der Waals surface area contributed by atoms with Crippen molar-refractivity contribution in [1.29, 1.82) is 0 Å². The highest BCUT2D eigenvalue weighted by atomic mass is 35.5. The molecule has 11 heavy (non-hydrogen) atoms. The van der Waals surface area contributed by atoms with E-state index >= 15 is 0 Å². The fourth-order valence-electron chi connectivity index (χ4n) is 0.715. The van der Waals surface area contributed by atoms with Crippen molar-refractivity contribution in [2.45, 2.75) is 6.42 Å². The van der Waals surface area contributed by atoms with Crippen LogP contribution >= 0.6 is 11.6 Å². The predicted molar refractivity (Wildman–Crippen MR) is 42.6 cm³/mol. The summed E-state index contributed by atoms with van der Waals surface area (Å²) < 4.78 is 4.88. The number of methoxy groups -OCH3 is 1. The summed E-state index contributed by atoms with van der Waals surface area (Å²) in [5, 5.41) is 0.290. The number of hydrogen-bond acceptors (Lipinski definition) is 3. The molecule has 1 aromatic rings. The molecule has 0 spiro atoms. The molecule has 0 saturated heterocycles. The number of rotatable bonds is 3. The summed E-state index contributed by atoms with van der Waals surface area (Å²) in [6.07, 6.45) is 2.42. The highest BCUT2D eigenvalue weighted by Crippen LogP contribution is 2.01. The number of ether oxygens (including phenoxy) is 1. The maximum absolute atomic E-state index is 5.56. The molecule has 1 rings (SSSR count). The van der Waals surface area contributed by atoms with Crippen LogP contribution in [-0.2, 0) is 11.2 Å². The van der Waals surface area contributed by atoms with Gasteiger partial charge < -0.3 is 4.74 Å². The fraction of sp³-hybridized carbons (Fsp3) is 0.429. The highest BCUT2D eigenvalue weighted by molar-refractivity contribution is 6.28. The van der Waals surface area contributed by atoms with E-state index in [-0.39, 0.29) is 0 Å². The monoisotopic (exact) mass is 172 g/mol. The maximum Gasteiger partial charge on any atom is 0.222 e. The first kappa shape index (κ1) is 8.43. The molecular formula is C7H9ClN2O. The van der Waals surface area contributed by atoms with Crippen molar-refractivity contribution in [3.8, 4) is 0 Å². The molecule has 0 N–H and O–H groups in total. The second-order valence-corrected chi connectivity index (χ2v) is 2.40. The van der Waals surface area contributed by atoms with Gasteiger partial charge in [-0.15, -0.1) is 0 Å². The molecule has 0 unspecified atom stereocenters. The Morgan fingerprint density at radius 1 is 1.64 bits per heavy atom. The predicted octanol–water partition coefficient (Wildman–Crippen LogP) is 1.32. The quantitative estimate of drug-likeness (QED) is 0.645. The molecule has 0 fully saturated rings. The number of nitrogens with zero attached hydrogens (tertiary/aromatic N) is 2. The van der Waals surface area contributed by atoms with Crippen LogP contribution in [0.1, 0.15) is 5.69 Å². The van der Waals surface area contributed by atoms with Gasteiger partial charge in [-0.1, -0.05) is 0 Å². The van der Waals surface area contributed by atoms with Crippen LogP contribution in [0.4, 0.5) is 0 Å². The second-order valence-electron chi connectivity index (χ2n) is 2.06. The molecule has 1 aromatic heterocycles. The number of aromatic nitrogens is 2. The van der Waals surface area contributed by atoms with Gasteiger partial charge in [0.15, 0.2) is 0 Å². The first-order valence-corrected chi connectivity index (χ1v) is 3.67. The third kappa shape index (κ3) is 2.82. The van der Waals surface area contributed by atoms with Crippen LogP contribution in [0, 0.1) is 0 Å². The van der Waals surface area contributed by atoms with Gasteiger partial charge in [-0.3, -0.25) is 0 Å². The molecule has 1 heterocycles. The Balaban J connectivity index is 2.56. The van der Waals surface area contributed by atoms with Gasteiger partial charge in [-0.05, 0) is 17.7 Å². The first-order valence-electron chi connectivity index (χ1n) is 3.29. The van der Waals surface area contributed by atoms with Gasteiger partial charge in [0.2, 0.25) is 5.28 Å². The van der Waals surface area contributed by atoms with Gasteiger partial charge in [0.25, 0.3) is 0 Å². The van der Waals surface area contributed by atoms with Crippen molar-refractivity contribution in [2.24, 2.45) is 0 Å². The zero-order valence-electron chi connectivity index (χ0n) is 6.25. The van der Waals surface area contributed by atoms with E-state index in [1.54, 1.807) is 13.3 Å². The molecule has 0 bridgehead atoms. The SMILES string of the molecule is COCCc1ccnc(Cl)n1. The van der Waals surface area contributed by atoms with Gasteiger partial charge in [0.05, 0.1) is 6.61 Å². The lowest BCUT2D eigenvalue weighted by Gasteiger charge is -1.97. The van der Waals surface area contributed by atoms with Crippen molar-refractivity contribution >= 4 is 11.6 Å². The van der Waals surface area contributed by atoms with Crippen LogP contribution in [0.25, 0.3) is 0 Å². The van der Waals surface area contributed by atoms with Gasteiger partial charge >= 0.3 is 0 Å². The maximum atomic E-state index is 5.56. The smallest absolute Gasteiger partial charge is 0.222 e. The first-order chi connectivity index (χ1) is 5.33. The van der Waals surface area contributed by atoms with Crippen LogP contribution < -0.4 is 0 Å². The van der Waals surface area contributed by atoms with Crippen LogP contribution in [0.15, 0.2) is 12.3 Å². The van der Waals surface area contributed by atoms with Crippen LogP contribution in [0.5, 0.6) is 0 Å². The lowest BCUT2D eigenvalue weighted by molar-refractivity contribution is 0.201. The van der Waals surface area contributed by atoms with Crippen molar-refractivity contribution in [1.82, 2.24) is 9.97 Å². The molecule has 60 valence electrons. The van der Waals surface area contributed by atoms with E-state index < -0.39 is 0 Å².